The summed E-state index contributed by atoms with van der Waals surface area (Å²) in [6.45, 7) is 4.57. The molecule has 2 aliphatic carbocycles. The van der Waals surface area contributed by atoms with Crippen LogP contribution in [0.3, 0.4) is 0 Å². The van der Waals surface area contributed by atoms with Crippen molar-refractivity contribution in [1.82, 2.24) is 0 Å². The first-order valence-corrected chi connectivity index (χ1v) is 21.3. The van der Waals surface area contributed by atoms with Crippen molar-refractivity contribution in [2.24, 2.45) is 0 Å². The van der Waals surface area contributed by atoms with Crippen LogP contribution in [0.25, 0.3) is 55.6 Å². The maximum atomic E-state index is 2.51. The Hall–Kier alpha value is -6.87. The first-order valence-electron chi connectivity index (χ1n) is 20.5. The summed E-state index contributed by atoms with van der Waals surface area (Å²) in [7, 11) is 0. The molecule has 0 unspecified atom stereocenters. The summed E-state index contributed by atoms with van der Waals surface area (Å²) in [5, 5.41) is 0. The van der Waals surface area contributed by atoms with Crippen LogP contribution in [0.2, 0.25) is 0 Å². The van der Waals surface area contributed by atoms with Gasteiger partial charge >= 0.3 is 0 Å². The highest BCUT2D eigenvalue weighted by molar-refractivity contribution is 7.99. The van der Waals surface area contributed by atoms with Crippen LogP contribution in [0, 0.1) is 13.8 Å². The molecule has 1 spiro atoms. The molecule has 9 aromatic rings. The molecule has 1 aliphatic heterocycles. The molecule has 59 heavy (non-hydrogen) atoms. The number of anilines is 3. The third kappa shape index (κ3) is 5.00. The van der Waals surface area contributed by atoms with Crippen molar-refractivity contribution in [2.45, 2.75) is 29.1 Å². The molecule has 0 amide bonds. The molecule has 3 aliphatic rings. The zero-order valence-electron chi connectivity index (χ0n) is 32.9. The average Bonchev–Trinajstić information content (AvgIpc) is 3.76. The number of hydrogen-bond donors (Lipinski definition) is 0. The molecule has 9 aromatic carbocycles. The van der Waals surface area contributed by atoms with Crippen molar-refractivity contribution in [2.75, 3.05) is 4.90 Å². The summed E-state index contributed by atoms with van der Waals surface area (Å²) >= 11 is 1.87. The van der Waals surface area contributed by atoms with Crippen molar-refractivity contribution < 1.29 is 0 Å². The zero-order valence-corrected chi connectivity index (χ0v) is 33.7. The molecule has 0 bridgehead atoms. The van der Waals surface area contributed by atoms with Crippen LogP contribution in [0.15, 0.2) is 210 Å². The Balaban J connectivity index is 1.02. The summed E-state index contributed by atoms with van der Waals surface area (Å²) in [5.74, 6) is 0. The Morgan fingerprint density at radius 2 is 0.780 bits per heavy atom. The maximum Gasteiger partial charge on any atom is 0.0725 e. The highest BCUT2D eigenvalue weighted by Crippen LogP contribution is 2.63. The quantitative estimate of drug-likeness (QED) is 0.175. The molecule has 0 N–H and O–H groups in total. The molecule has 2 heteroatoms. The van der Waals surface area contributed by atoms with Crippen LogP contribution in [0.5, 0.6) is 0 Å². The van der Waals surface area contributed by atoms with Gasteiger partial charge in [-0.15, -0.1) is 0 Å². The molecule has 0 fully saturated rings. The van der Waals surface area contributed by atoms with E-state index in [0.717, 1.165) is 0 Å². The van der Waals surface area contributed by atoms with Gasteiger partial charge in [0.25, 0.3) is 0 Å². The maximum absolute atomic E-state index is 2.51. The SMILES string of the molecule is Cc1cc(N2c3ccc(-c4ccccc4)cc3Sc3cc(-c4ccccc4)ccc32)c(C)cc1-c1ccc2c(c1)C1(c3ccccc3-c3ccccc31)c1ccccc1-2. The van der Waals surface area contributed by atoms with Gasteiger partial charge in [0.05, 0.1) is 16.8 Å². The van der Waals surface area contributed by atoms with Gasteiger partial charge in [-0.3, -0.25) is 0 Å². The minimum Gasteiger partial charge on any atom is -0.308 e. The summed E-state index contributed by atoms with van der Waals surface area (Å²) in [6.07, 6.45) is 0. The molecule has 12 rings (SSSR count). The predicted molar refractivity (Wildman–Crippen MR) is 247 cm³/mol. The van der Waals surface area contributed by atoms with Gasteiger partial charge in [0.1, 0.15) is 0 Å². The molecule has 0 saturated carbocycles. The molecular weight excluding hydrogens is 731 g/mol. The van der Waals surface area contributed by atoms with Crippen molar-refractivity contribution in [3.63, 3.8) is 0 Å². The lowest BCUT2D eigenvalue weighted by Gasteiger charge is -2.35. The van der Waals surface area contributed by atoms with E-state index in [0.29, 0.717) is 0 Å². The number of aryl methyl sites for hydroxylation is 2. The fourth-order valence-electron chi connectivity index (χ4n) is 10.3. The number of hydrogen-bond acceptors (Lipinski definition) is 2. The van der Waals surface area contributed by atoms with Gasteiger partial charge in [0, 0.05) is 15.5 Å². The molecule has 278 valence electrons. The molecule has 0 atom stereocenters. The second kappa shape index (κ2) is 13.1. The first-order chi connectivity index (χ1) is 29.1. The fourth-order valence-corrected chi connectivity index (χ4v) is 11.4. The van der Waals surface area contributed by atoms with E-state index < -0.39 is 0 Å². The number of fused-ring (bicyclic) bond motifs is 12. The van der Waals surface area contributed by atoms with E-state index in [1.807, 2.05) is 11.8 Å². The van der Waals surface area contributed by atoms with Gasteiger partial charge in [0.2, 0.25) is 0 Å². The van der Waals surface area contributed by atoms with Crippen molar-refractivity contribution in [3.05, 3.63) is 234 Å². The first kappa shape index (κ1) is 34.2. The molecule has 0 saturated heterocycles. The number of benzene rings is 9. The van der Waals surface area contributed by atoms with E-state index in [-0.39, 0.29) is 5.41 Å². The topological polar surface area (TPSA) is 3.24 Å². The molecule has 1 heterocycles. The third-order valence-corrected chi connectivity index (χ3v) is 14.0. The molecule has 0 aromatic heterocycles. The van der Waals surface area contributed by atoms with E-state index in [9.17, 15) is 0 Å². The van der Waals surface area contributed by atoms with Crippen LogP contribution in [0.1, 0.15) is 33.4 Å². The molecule has 1 nitrogen and oxygen atoms in total. The largest absolute Gasteiger partial charge is 0.308 e. The van der Waals surface area contributed by atoms with Gasteiger partial charge in [0.15, 0.2) is 0 Å². The Kier molecular flexibility index (Phi) is 7.58. The normalized spacial score (nSPS) is 13.6. The second-order valence-electron chi connectivity index (χ2n) is 16.1. The Bertz CT molecular complexity index is 3010. The van der Waals surface area contributed by atoms with Crippen LogP contribution < -0.4 is 4.90 Å². The van der Waals surface area contributed by atoms with E-state index in [1.54, 1.807) is 0 Å². The van der Waals surface area contributed by atoms with Gasteiger partial charge in [-0.1, -0.05) is 169 Å². The van der Waals surface area contributed by atoms with Crippen LogP contribution in [0.4, 0.5) is 17.1 Å². The van der Waals surface area contributed by atoms with Crippen LogP contribution in [-0.4, -0.2) is 0 Å². The predicted octanol–water partition coefficient (Wildman–Crippen LogP) is 15.6. The minimum absolute atomic E-state index is 0.367. The van der Waals surface area contributed by atoms with Gasteiger partial charge < -0.3 is 4.90 Å². The minimum atomic E-state index is -0.367. The van der Waals surface area contributed by atoms with E-state index in [2.05, 4.69) is 219 Å². The third-order valence-electron chi connectivity index (χ3n) is 12.9. The standard InChI is InChI=1S/C57H39NS/c1-36-32-54(58-52-29-26-40(38-15-5-3-6-16-38)34-55(52)59-56-35-41(27-30-53(56)58)39-17-7-4-8-18-39)37(2)31-47(36)42-25-28-46-45-21-11-14-24-50(45)57(51(46)33-42)48-22-12-9-19-43(48)44-20-10-13-23-49(44)57/h3-35H,1-2H3. The van der Waals surface area contributed by atoms with Gasteiger partial charge in [-0.05, 0) is 145 Å². The fraction of sp³-hybridized carbons (Fsp3) is 0.0526. The highest BCUT2D eigenvalue weighted by atomic mass is 32.2. The zero-order chi connectivity index (χ0) is 39.2. The van der Waals surface area contributed by atoms with Crippen molar-refractivity contribution in [1.29, 1.82) is 0 Å². The highest BCUT2D eigenvalue weighted by Gasteiger charge is 2.51. The molecular formula is C57H39NS. The van der Waals surface area contributed by atoms with Crippen molar-refractivity contribution in [3.8, 4) is 55.6 Å². The van der Waals surface area contributed by atoms with Crippen molar-refractivity contribution >= 4 is 28.8 Å². The van der Waals surface area contributed by atoms with Crippen LogP contribution >= 0.6 is 11.8 Å². The lowest BCUT2D eigenvalue weighted by Crippen LogP contribution is -2.25. The Morgan fingerprint density at radius 1 is 0.322 bits per heavy atom. The number of rotatable bonds is 4. The summed E-state index contributed by atoms with van der Waals surface area (Å²) < 4.78 is 0. The monoisotopic (exact) mass is 769 g/mol. The van der Waals surface area contributed by atoms with E-state index in [1.165, 1.54) is 116 Å². The summed E-state index contributed by atoms with van der Waals surface area (Å²) in [4.78, 5) is 5.01. The van der Waals surface area contributed by atoms with Crippen LogP contribution in [-0.2, 0) is 5.41 Å². The van der Waals surface area contributed by atoms with E-state index in [4.69, 9.17) is 0 Å². The summed E-state index contributed by atoms with van der Waals surface area (Å²) in [6, 6.07) is 74.6. The van der Waals surface area contributed by atoms with Gasteiger partial charge in [-0.25, -0.2) is 0 Å². The number of nitrogens with zero attached hydrogens (tertiary/aromatic N) is 1. The lowest BCUT2D eigenvalue weighted by atomic mass is 9.70. The second-order valence-corrected chi connectivity index (χ2v) is 17.2. The average molecular weight is 770 g/mol. The molecule has 0 radical (unpaired) electrons. The van der Waals surface area contributed by atoms with E-state index >= 15 is 0 Å². The smallest absolute Gasteiger partial charge is 0.0725 e. The summed E-state index contributed by atoms with van der Waals surface area (Å²) in [5.41, 5.74) is 24.0. The van der Waals surface area contributed by atoms with Gasteiger partial charge in [-0.2, -0.15) is 0 Å². The Labute approximate surface area is 350 Å². The lowest BCUT2D eigenvalue weighted by molar-refractivity contribution is 0.794. The Morgan fingerprint density at radius 3 is 1.31 bits per heavy atom.